The van der Waals surface area contributed by atoms with Crippen molar-refractivity contribution < 1.29 is 9.53 Å². The molecule has 0 bridgehead atoms. The van der Waals surface area contributed by atoms with E-state index in [1.165, 1.54) is 0 Å². The van der Waals surface area contributed by atoms with Crippen LogP contribution in [0.25, 0.3) is 4.98 Å². The lowest BCUT2D eigenvalue weighted by Gasteiger charge is -2.02. The summed E-state index contributed by atoms with van der Waals surface area (Å²) in [4.78, 5) is 14.7. The van der Waals surface area contributed by atoms with E-state index in [0.29, 0.717) is 17.0 Å². The minimum Gasteiger partial charge on any atom is -0.423 e. The van der Waals surface area contributed by atoms with Gasteiger partial charge in [-0.3, -0.25) is 0 Å². The minimum absolute atomic E-state index is 0.407. The van der Waals surface area contributed by atoms with Crippen LogP contribution in [0.3, 0.4) is 0 Å². The molecule has 0 unspecified atom stereocenters. The molecule has 2 rings (SSSR count). The maximum Gasteiger partial charge on any atom is 0.385 e. The van der Waals surface area contributed by atoms with E-state index in [-0.39, 0.29) is 0 Å². The second-order valence-electron chi connectivity index (χ2n) is 3.35. The Hall–Kier alpha value is -2.67. The molecular formula is C13H9N2O2+. The Bertz CT molecular complexity index is 556. The molecule has 0 aliphatic heterocycles. The van der Waals surface area contributed by atoms with Crippen molar-refractivity contribution in [3.8, 4) is 5.75 Å². The van der Waals surface area contributed by atoms with Crippen molar-refractivity contribution in [3.63, 3.8) is 0 Å². The molecule has 82 valence electrons. The standard InChI is InChI=1S/C13H9N2O2/c14-15-11-6-8-12(9-7-11)17-13(16)10-4-2-1-3-5-10/h1-9H/q+1. The number of rotatable bonds is 2. The van der Waals surface area contributed by atoms with Crippen molar-refractivity contribution in [2.75, 3.05) is 0 Å². The third-order valence-electron chi connectivity index (χ3n) is 2.17. The number of esters is 1. The van der Waals surface area contributed by atoms with E-state index in [4.69, 9.17) is 10.1 Å². The molecule has 4 nitrogen and oxygen atoms in total. The average Bonchev–Trinajstić information content (AvgIpc) is 2.40. The second-order valence-corrected chi connectivity index (χ2v) is 3.35. The number of hydrogen-bond acceptors (Lipinski definition) is 3. The molecule has 0 saturated carbocycles. The quantitative estimate of drug-likeness (QED) is 0.447. The van der Waals surface area contributed by atoms with Crippen LogP contribution in [0.4, 0.5) is 5.69 Å². The summed E-state index contributed by atoms with van der Waals surface area (Å²) in [5.41, 5.74) is 0.896. The first-order chi connectivity index (χ1) is 8.29. The van der Waals surface area contributed by atoms with Crippen LogP contribution in [0.1, 0.15) is 10.4 Å². The van der Waals surface area contributed by atoms with Crippen LogP contribution in [0.5, 0.6) is 5.75 Å². The zero-order valence-corrected chi connectivity index (χ0v) is 8.91. The molecule has 17 heavy (non-hydrogen) atoms. The molecule has 0 fully saturated rings. The summed E-state index contributed by atoms with van der Waals surface area (Å²) >= 11 is 0. The number of ether oxygens (including phenoxy) is 1. The van der Waals surface area contributed by atoms with Gasteiger partial charge in [-0.15, -0.1) is 0 Å². The van der Waals surface area contributed by atoms with Gasteiger partial charge in [0.2, 0.25) is 5.39 Å². The van der Waals surface area contributed by atoms with Gasteiger partial charge in [0.25, 0.3) is 0 Å². The molecule has 0 atom stereocenters. The fourth-order valence-electron chi connectivity index (χ4n) is 1.32. The summed E-state index contributed by atoms with van der Waals surface area (Å²) in [6.07, 6.45) is 0. The monoisotopic (exact) mass is 225 g/mol. The van der Waals surface area contributed by atoms with E-state index in [1.54, 1.807) is 48.5 Å². The molecule has 0 heterocycles. The summed E-state index contributed by atoms with van der Waals surface area (Å²) < 4.78 is 5.14. The van der Waals surface area contributed by atoms with E-state index >= 15 is 0 Å². The molecule has 0 aliphatic carbocycles. The van der Waals surface area contributed by atoms with Crippen LogP contribution < -0.4 is 4.74 Å². The molecule has 0 aromatic heterocycles. The van der Waals surface area contributed by atoms with E-state index in [0.717, 1.165) is 0 Å². The van der Waals surface area contributed by atoms with E-state index in [2.05, 4.69) is 4.98 Å². The van der Waals surface area contributed by atoms with Gasteiger partial charge in [-0.05, 0) is 24.3 Å². The lowest BCUT2D eigenvalue weighted by molar-refractivity contribution is 0.0735. The average molecular weight is 225 g/mol. The Kier molecular flexibility index (Phi) is 3.13. The summed E-state index contributed by atoms with van der Waals surface area (Å²) in [7, 11) is 0. The van der Waals surface area contributed by atoms with Gasteiger partial charge >= 0.3 is 11.7 Å². The van der Waals surface area contributed by atoms with Crippen molar-refractivity contribution in [2.45, 2.75) is 0 Å². The maximum absolute atomic E-state index is 11.7. The maximum atomic E-state index is 11.7. The van der Waals surface area contributed by atoms with Crippen LogP contribution in [-0.2, 0) is 0 Å². The predicted octanol–water partition coefficient (Wildman–Crippen LogP) is 3.39. The summed E-state index contributed by atoms with van der Waals surface area (Å²) in [6, 6.07) is 15.0. The van der Waals surface area contributed by atoms with Crippen LogP contribution in [-0.4, -0.2) is 5.97 Å². The van der Waals surface area contributed by atoms with Crippen molar-refractivity contribution in [2.24, 2.45) is 0 Å². The van der Waals surface area contributed by atoms with Gasteiger partial charge in [-0.25, -0.2) is 4.79 Å². The van der Waals surface area contributed by atoms with Crippen molar-refractivity contribution in [3.05, 3.63) is 65.1 Å². The zero-order valence-electron chi connectivity index (χ0n) is 8.91. The van der Waals surface area contributed by atoms with Gasteiger partial charge in [0.05, 0.1) is 5.56 Å². The fraction of sp³-hybridized carbons (Fsp3) is 0. The summed E-state index contributed by atoms with van der Waals surface area (Å²) in [5.74, 6) is -0.00876. The Balaban J connectivity index is 2.11. The number of diazo groups is 1. The molecule has 0 N–H and O–H groups in total. The van der Waals surface area contributed by atoms with Crippen molar-refractivity contribution in [1.82, 2.24) is 0 Å². The molecule has 0 spiro atoms. The predicted molar refractivity (Wildman–Crippen MR) is 62.6 cm³/mol. The molecule has 2 aromatic rings. The molecule has 0 radical (unpaired) electrons. The first kappa shape index (κ1) is 10.8. The van der Waals surface area contributed by atoms with E-state index in [1.807, 2.05) is 6.07 Å². The Morgan fingerprint density at radius 3 is 2.24 bits per heavy atom. The first-order valence-electron chi connectivity index (χ1n) is 5.02. The smallest absolute Gasteiger partial charge is 0.385 e. The highest BCUT2D eigenvalue weighted by molar-refractivity contribution is 5.90. The van der Waals surface area contributed by atoms with Crippen LogP contribution in [0.2, 0.25) is 0 Å². The zero-order chi connectivity index (χ0) is 12.1. The number of benzene rings is 2. The normalized spacial score (nSPS) is 9.35. The van der Waals surface area contributed by atoms with Gasteiger partial charge in [0, 0.05) is 12.1 Å². The first-order valence-corrected chi connectivity index (χ1v) is 5.02. The highest BCUT2D eigenvalue weighted by Gasteiger charge is 2.09. The highest BCUT2D eigenvalue weighted by Crippen LogP contribution is 2.18. The molecule has 0 aliphatic rings. The van der Waals surface area contributed by atoms with Gasteiger partial charge < -0.3 is 4.74 Å². The van der Waals surface area contributed by atoms with Crippen molar-refractivity contribution >= 4 is 11.7 Å². The Morgan fingerprint density at radius 1 is 1.00 bits per heavy atom. The fourth-order valence-corrected chi connectivity index (χ4v) is 1.32. The lowest BCUT2D eigenvalue weighted by atomic mass is 10.2. The molecular weight excluding hydrogens is 216 g/mol. The number of nitrogens with zero attached hydrogens (tertiary/aromatic N) is 2. The van der Waals surface area contributed by atoms with Gasteiger partial charge in [-0.2, -0.15) is 0 Å². The molecule has 2 aromatic carbocycles. The van der Waals surface area contributed by atoms with Crippen LogP contribution >= 0.6 is 0 Å². The highest BCUT2D eigenvalue weighted by atomic mass is 16.5. The third-order valence-corrected chi connectivity index (χ3v) is 2.17. The second kappa shape index (κ2) is 4.90. The SMILES string of the molecule is N#[N+]c1ccc(OC(=O)c2ccccc2)cc1. The number of carbonyl (C=O) groups is 1. The lowest BCUT2D eigenvalue weighted by Crippen LogP contribution is -2.07. The Morgan fingerprint density at radius 2 is 1.65 bits per heavy atom. The minimum atomic E-state index is -0.417. The summed E-state index contributed by atoms with van der Waals surface area (Å²) in [6.45, 7) is 0. The third kappa shape index (κ3) is 2.67. The van der Waals surface area contributed by atoms with E-state index in [9.17, 15) is 4.79 Å². The van der Waals surface area contributed by atoms with Gasteiger partial charge in [0.1, 0.15) is 5.75 Å². The van der Waals surface area contributed by atoms with Crippen molar-refractivity contribution in [1.29, 1.82) is 5.39 Å². The van der Waals surface area contributed by atoms with E-state index < -0.39 is 5.97 Å². The van der Waals surface area contributed by atoms with Crippen LogP contribution in [0, 0.1) is 5.39 Å². The number of hydrogen-bond donors (Lipinski definition) is 0. The Labute approximate surface area is 98.1 Å². The molecule has 0 saturated heterocycles. The largest absolute Gasteiger partial charge is 0.423 e. The number of carbonyl (C=O) groups excluding carboxylic acids is 1. The van der Waals surface area contributed by atoms with Crippen LogP contribution in [0.15, 0.2) is 54.6 Å². The van der Waals surface area contributed by atoms with Gasteiger partial charge in [0.15, 0.2) is 4.98 Å². The van der Waals surface area contributed by atoms with Gasteiger partial charge in [-0.1, -0.05) is 18.2 Å². The molecule has 0 amide bonds. The molecule has 4 heteroatoms. The topological polar surface area (TPSA) is 54.4 Å². The summed E-state index contributed by atoms with van der Waals surface area (Å²) in [5, 5.41) is 8.51.